The van der Waals surface area contributed by atoms with Gasteiger partial charge in [0.1, 0.15) is 6.33 Å². The monoisotopic (exact) mass is 359 g/mol. The molecule has 0 saturated carbocycles. The van der Waals surface area contributed by atoms with E-state index in [1.165, 1.54) is 6.33 Å². The quantitative estimate of drug-likeness (QED) is 0.789. The van der Waals surface area contributed by atoms with Gasteiger partial charge < -0.3 is 9.64 Å². The van der Waals surface area contributed by atoms with Crippen LogP contribution in [0.4, 0.5) is 10.2 Å². The largest absolute Gasteiger partial charge is 0.476 e. The van der Waals surface area contributed by atoms with Crippen LogP contribution in [0.1, 0.15) is 43.6 Å². The Hall–Kier alpha value is -2.31. The van der Waals surface area contributed by atoms with Crippen molar-refractivity contribution in [1.82, 2.24) is 20.2 Å². The van der Waals surface area contributed by atoms with Crippen molar-refractivity contribution >= 4 is 5.82 Å². The van der Waals surface area contributed by atoms with E-state index in [-0.39, 0.29) is 5.82 Å². The minimum atomic E-state index is -0.285. The van der Waals surface area contributed by atoms with Crippen molar-refractivity contribution in [1.29, 1.82) is 0 Å². The molecule has 7 heteroatoms. The van der Waals surface area contributed by atoms with Gasteiger partial charge in [0, 0.05) is 19.2 Å². The summed E-state index contributed by atoms with van der Waals surface area (Å²) in [4.78, 5) is 10.2. The zero-order valence-electron chi connectivity index (χ0n) is 15.7. The van der Waals surface area contributed by atoms with Crippen molar-refractivity contribution < 1.29 is 9.13 Å². The molecule has 0 radical (unpaired) electrons. The van der Waals surface area contributed by atoms with Crippen molar-refractivity contribution in [3.8, 4) is 5.88 Å². The van der Waals surface area contributed by atoms with E-state index in [0.717, 1.165) is 43.6 Å². The highest BCUT2D eigenvalue weighted by molar-refractivity contribution is 5.41. The Morgan fingerprint density at radius 2 is 1.92 bits per heavy atom. The second kappa shape index (κ2) is 8.38. The average Bonchev–Trinajstić information content (AvgIpc) is 2.68. The smallest absolute Gasteiger partial charge is 0.233 e. The van der Waals surface area contributed by atoms with Gasteiger partial charge in [-0.25, -0.2) is 14.4 Å². The van der Waals surface area contributed by atoms with E-state index in [4.69, 9.17) is 4.74 Å². The number of hydrogen-bond donors (Lipinski definition) is 0. The third kappa shape index (κ3) is 4.08. The fourth-order valence-electron chi connectivity index (χ4n) is 3.28. The Labute approximate surface area is 153 Å². The Bertz CT molecular complexity index is 747. The lowest BCUT2D eigenvalue weighted by Gasteiger charge is -2.32. The van der Waals surface area contributed by atoms with Crippen LogP contribution in [0, 0.1) is 18.7 Å². The number of piperidine rings is 1. The summed E-state index contributed by atoms with van der Waals surface area (Å²) in [6, 6.07) is 1.97. The molecule has 26 heavy (non-hydrogen) atoms. The summed E-state index contributed by atoms with van der Waals surface area (Å²) in [7, 11) is 0. The first-order valence-electron chi connectivity index (χ1n) is 9.32. The standard InChI is InChI=1S/C19H26FN5O/c1-4-15-10-17(24-23-13(15)3)26-11-14-6-8-25(9-7-14)19-18(20)16(5-2)21-12-22-19/h10,12,14H,4-9,11H2,1-3H3. The molecule has 2 aromatic rings. The molecule has 0 N–H and O–H groups in total. The van der Waals surface area contributed by atoms with Gasteiger partial charge in [-0.05, 0) is 44.1 Å². The molecule has 1 aliphatic heterocycles. The Morgan fingerprint density at radius 1 is 1.15 bits per heavy atom. The first kappa shape index (κ1) is 18.5. The van der Waals surface area contributed by atoms with E-state index in [1.54, 1.807) is 0 Å². The molecule has 2 aromatic heterocycles. The predicted octanol–water partition coefficient (Wildman–Crippen LogP) is 3.13. The molecule has 0 unspecified atom stereocenters. The third-order valence-electron chi connectivity index (χ3n) is 5.00. The summed E-state index contributed by atoms with van der Waals surface area (Å²) >= 11 is 0. The normalized spacial score (nSPS) is 15.3. The topological polar surface area (TPSA) is 64.0 Å². The van der Waals surface area contributed by atoms with Crippen LogP contribution in [-0.4, -0.2) is 39.9 Å². The second-order valence-corrected chi connectivity index (χ2v) is 6.70. The Kier molecular flexibility index (Phi) is 5.96. The molecule has 0 amide bonds. The van der Waals surface area contributed by atoms with Crippen molar-refractivity contribution in [2.75, 3.05) is 24.6 Å². The van der Waals surface area contributed by atoms with Gasteiger partial charge >= 0.3 is 0 Å². The van der Waals surface area contributed by atoms with Crippen LogP contribution in [0.3, 0.4) is 0 Å². The third-order valence-corrected chi connectivity index (χ3v) is 5.00. The van der Waals surface area contributed by atoms with Gasteiger partial charge in [-0.3, -0.25) is 0 Å². The molecular weight excluding hydrogens is 333 g/mol. The lowest BCUT2D eigenvalue weighted by Crippen LogP contribution is -2.36. The van der Waals surface area contributed by atoms with E-state index in [9.17, 15) is 4.39 Å². The van der Waals surface area contributed by atoms with E-state index in [2.05, 4.69) is 27.1 Å². The lowest BCUT2D eigenvalue weighted by atomic mass is 9.98. The number of hydrogen-bond acceptors (Lipinski definition) is 6. The van der Waals surface area contributed by atoms with Crippen molar-refractivity contribution in [2.45, 2.75) is 46.5 Å². The summed E-state index contributed by atoms with van der Waals surface area (Å²) in [5, 5.41) is 8.27. The molecule has 0 aliphatic carbocycles. The van der Waals surface area contributed by atoms with Gasteiger partial charge in [-0.2, -0.15) is 5.10 Å². The summed E-state index contributed by atoms with van der Waals surface area (Å²) in [5.41, 5.74) is 2.59. The number of anilines is 1. The number of nitrogens with zero attached hydrogens (tertiary/aromatic N) is 5. The highest BCUT2D eigenvalue weighted by atomic mass is 19.1. The molecule has 0 bridgehead atoms. The molecule has 0 spiro atoms. The Balaban J connectivity index is 1.54. The maximum atomic E-state index is 14.4. The van der Waals surface area contributed by atoms with Gasteiger partial charge in [0.05, 0.1) is 18.0 Å². The number of rotatable bonds is 6. The molecule has 1 saturated heterocycles. The number of aromatic nitrogens is 4. The molecule has 140 valence electrons. The number of halogens is 1. The molecule has 1 fully saturated rings. The van der Waals surface area contributed by atoms with Crippen molar-refractivity contribution in [3.05, 3.63) is 35.2 Å². The molecule has 3 heterocycles. The fourth-order valence-corrected chi connectivity index (χ4v) is 3.28. The predicted molar refractivity (Wildman–Crippen MR) is 97.9 cm³/mol. The van der Waals surface area contributed by atoms with Crippen LogP contribution >= 0.6 is 0 Å². The van der Waals surface area contributed by atoms with E-state index >= 15 is 0 Å². The summed E-state index contributed by atoms with van der Waals surface area (Å²) in [6.45, 7) is 8.11. The molecule has 0 atom stereocenters. The SMILES string of the molecule is CCc1cc(OCC2CCN(c3ncnc(CC)c3F)CC2)nnc1C. The zero-order valence-corrected chi connectivity index (χ0v) is 15.7. The maximum absolute atomic E-state index is 14.4. The van der Waals surface area contributed by atoms with Gasteiger partial charge in [-0.1, -0.05) is 13.8 Å². The number of ether oxygens (including phenoxy) is 1. The number of aryl methyl sites for hydroxylation is 3. The van der Waals surface area contributed by atoms with Gasteiger partial charge in [0.25, 0.3) is 0 Å². The maximum Gasteiger partial charge on any atom is 0.233 e. The van der Waals surface area contributed by atoms with E-state index in [1.807, 2.05) is 24.8 Å². The Morgan fingerprint density at radius 3 is 2.62 bits per heavy atom. The van der Waals surface area contributed by atoms with E-state index in [0.29, 0.717) is 36.3 Å². The fraction of sp³-hybridized carbons (Fsp3) is 0.579. The van der Waals surface area contributed by atoms with Crippen LogP contribution in [-0.2, 0) is 12.8 Å². The first-order valence-corrected chi connectivity index (χ1v) is 9.32. The van der Waals surface area contributed by atoms with Crippen molar-refractivity contribution in [2.24, 2.45) is 5.92 Å². The first-order chi connectivity index (χ1) is 12.6. The van der Waals surface area contributed by atoms with Crippen LogP contribution < -0.4 is 9.64 Å². The lowest BCUT2D eigenvalue weighted by molar-refractivity contribution is 0.213. The molecule has 0 aromatic carbocycles. The average molecular weight is 359 g/mol. The van der Waals surface area contributed by atoms with Crippen LogP contribution in [0.25, 0.3) is 0 Å². The van der Waals surface area contributed by atoms with Crippen LogP contribution in [0.2, 0.25) is 0 Å². The summed E-state index contributed by atoms with van der Waals surface area (Å²) < 4.78 is 20.3. The molecule has 6 nitrogen and oxygen atoms in total. The highest BCUT2D eigenvalue weighted by Crippen LogP contribution is 2.25. The molecule has 1 aliphatic rings. The van der Waals surface area contributed by atoms with Gasteiger partial charge in [0.15, 0.2) is 11.6 Å². The van der Waals surface area contributed by atoms with Gasteiger partial charge in [0.2, 0.25) is 5.88 Å². The highest BCUT2D eigenvalue weighted by Gasteiger charge is 2.24. The van der Waals surface area contributed by atoms with Crippen LogP contribution in [0.5, 0.6) is 5.88 Å². The molecule has 3 rings (SSSR count). The summed E-state index contributed by atoms with van der Waals surface area (Å²) in [5.74, 6) is 1.15. The minimum Gasteiger partial charge on any atom is -0.476 e. The zero-order chi connectivity index (χ0) is 18.5. The molecular formula is C19H26FN5O. The van der Waals surface area contributed by atoms with Gasteiger partial charge in [-0.15, -0.1) is 5.10 Å². The van der Waals surface area contributed by atoms with E-state index < -0.39 is 0 Å². The second-order valence-electron chi connectivity index (χ2n) is 6.70. The van der Waals surface area contributed by atoms with Crippen molar-refractivity contribution in [3.63, 3.8) is 0 Å². The summed E-state index contributed by atoms with van der Waals surface area (Å²) in [6.07, 6.45) is 4.81. The van der Waals surface area contributed by atoms with Crippen LogP contribution in [0.15, 0.2) is 12.4 Å². The minimum absolute atomic E-state index is 0.285.